The third-order valence-corrected chi connectivity index (χ3v) is 3.38. The Hall–Kier alpha value is -0.200. The normalized spacial score (nSPS) is 19.3. The number of rotatable bonds is 4. The van der Waals surface area contributed by atoms with E-state index in [9.17, 15) is 0 Å². The molecule has 0 aromatic carbocycles. The minimum absolute atomic E-state index is 0.725. The first-order valence-electron chi connectivity index (χ1n) is 5.10. The Morgan fingerprint density at radius 1 is 1.23 bits per heavy atom. The SMILES string of the molecule is N#CCCCCN1CCCSCC1. The van der Waals surface area contributed by atoms with Gasteiger partial charge in [-0.2, -0.15) is 17.0 Å². The van der Waals surface area contributed by atoms with Gasteiger partial charge in [0, 0.05) is 18.7 Å². The van der Waals surface area contributed by atoms with E-state index in [4.69, 9.17) is 5.26 Å². The zero-order valence-electron chi connectivity index (χ0n) is 8.17. The van der Waals surface area contributed by atoms with Crippen molar-refractivity contribution in [3.8, 4) is 6.07 Å². The molecule has 0 spiro atoms. The Labute approximate surface area is 85.3 Å². The van der Waals surface area contributed by atoms with Crippen molar-refractivity contribution in [3.63, 3.8) is 0 Å². The minimum atomic E-state index is 0.725. The van der Waals surface area contributed by atoms with E-state index in [1.54, 1.807) is 0 Å². The predicted octanol–water partition coefficient (Wildman–Crippen LogP) is 2.12. The van der Waals surface area contributed by atoms with Crippen molar-refractivity contribution in [2.75, 3.05) is 31.1 Å². The van der Waals surface area contributed by atoms with E-state index in [0.29, 0.717) is 0 Å². The molecule has 1 aliphatic rings. The summed E-state index contributed by atoms with van der Waals surface area (Å²) in [6, 6.07) is 2.20. The van der Waals surface area contributed by atoms with Gasteiger partial charge in [-0.3, -0.25) is 0 Å². The van der Waals surface area contributed by atoms with Gasteiger partial charge in [0.25, 0.3) is 0 Å². The van der Waals surface area contributed by atoms with Gasteiger partial charge in [0.2, 0.25) is 0 Å². The fourth-order valence-corrected chi connectivity index (χ4v) is 2.49. The molecular weight excluding hydrogens is 180 g/mol. The van der Waals surface area contributed by atoms with Crippen molar-refractivity contribution in [2.45, 2.75) is 25.7 Å². The maximum atomic E-state index is 8.38. The molecule has 0 radical (unpaired) electrons. The summed E-state index contributed by atoms with van der Waals surface area (Å²) < 4.78 is 0. The Kier molecular flexibility index (Phi) is 6.05. The summed E-state index contributed by atoms with van der Waals surface area (Å²) in [5.74, 6) is 2.62. The van der Waals surface area contributed by atoms with Crippen LogP contribution in [0, 0.1) is 11.3 Å². The van der Waals surface area contributed by atoms with Crippen LogP contribution in [-0.4, -0.2) is 36.0 Å². The van der Waals surface area contributed by atoms with Gasteiger partial charge in [0.1, 0.15) is 0 Å². The first-order valence-corrected chi connectivity index (χ1v) is 6.26. The van der Waals surface area contributed by atoms with E-state index >= 15 is 0 Å². The van der Waals surface area contributed by atoms with Crippen LogP contribution in [-0.2, 0) is 0 Å². The predicted molar refractivity (Wildman–Crippen MR) is 57.8 cm³/mol. The van der Waals surface area contributed by atoms with E-state index < -0.39 is 0 Å². The average molecular weight is 198 g/mol. The van der Waals surface area contributed by atoms with Crippen LogP contribution in [0.1, 0.15) is 25.7 Å². The molecule has 74 valence electrons. The van der Waals surface area contributed by atoms with E-state index in [-0.39, 0.29) is 0 Å². The Morgan fingerprint density at radius 3 is 3.00 bits per heavy atom. The van der Waals surface area contributed by atoms with Crippen LogP contribution < -0.4 is 0 Å². The lowest BCUT2D eigenvalue weighted by Crippen LogP contribution is -2.27. The van der Waals surface area contributed by atoms with Crippen molar-refractivity contribution in [2.24, 2.45) is 0 Å². The van der Waals surface area contributed by atoms with Crippen molar-refractivity contribution >= 4 is 11.8 Å². The zero-order chi connectivity index (χ0) is 9.36. The molecule has 1 fully saturated rings. The topological polar surface area (TPSA) is 27.0 Å². The smallest absolute Gasteiger partial charge is 0.0621 e. The Morgan fingerprint density at radius 2 is 2.15 bits per heavy atom. The average Bonchev–Trinajstić information content (AvgIpc) is 2.41. The molecule has 0 bridgehead atoms. The second kappa shape index (κ2) is 7.23. The maximum absolute atomic E-state index is 8.38. The molecule has 0 atom stereocenters. The molecule has 0 unspecified atom stereocenters. The lowest BCUT2D eigenvalue weighted by atomic mass is 10.2. The molecule has 2 nitrogen and oxygen atoms in total. The van der Waals surface area contributed by atoms with Crippen LogP contribution >= 0.6 is 11.8 Å². The Bertz CT molecular complexity index is 157. The summed E-state index contributed by atoms with van der Waals surface area (Å²) >= 11 is 2.07. The van der Waals surface area contributed by atoms with Gasteiger partial charge in [-0.05, 0) is 38.1 Å². The molecule has 0 aliphatic carbocycles. The van der Waals surface area contributed by atoms with E-state index in [2.05, 4.69) is 22.7 Å². The van der Waals surface area contributed by atoms with Crippen LogP contribution in [0.25, 0.3) is 0 Å². The standard InChI is InChI=1S/C10H18N2S/c11-5-2-1-3-6-12-7-4-9-13-10-8-12/h1-4,6-10H2. The first-order chi connectivity index (χ1) is 6.43. The summed E-state index contributed by atoms with van der Waals surface area (Å²) in [5.41, 5.74) is 0. The number of nitrogens with zero attached hydrogens (tertiary/aromatic N) is 2. The quantitative estimate of drug-likeness (QED) is 0.647. The third kappa shape index (κ3) is 5.17. The highest BCUT2D eigenvalue weighted by Gasteiger charge is 2.07. The summed E-state index contributed by atoms with van der Waals surface area (Å²) in [4.78, 5) is 2.54. The monoisotopic (exact) mass is 198 g/mol. The molecule has 1 saturated heterocycles. The molecule has 0 N–H and O–H groups in total. The number of nitriles is 1. The van der Waals surface area contributed by atoms with Gasteiger partial charge in [0.05, 0.1) is 6.07 Å². The van der Waals surface area contributed by atoms with Gasteiger partial charge in [-0.15, -0.1) is 0 Å². The van der Waals surface area contributed by atoms with Crippen LogP contribution in [0.3, 0.4) is 0 Å². The van der Waals surface area contributed by atoms with E-state index in [1.807, 2.05) is 0 Å². The van der Waals surface area contributed by atoms with Gasteiger partial charge in [-0.25, -0.2) is 0 Å². The lowest BCUT2D eigenvalue weighted by Gasteiger charge is -2.18. The molecule has 3 heteroatoms. The summed E-state index contributed by atoms with van der Waals surface area (Å²) in [7, 11) is 0. The highest BCUT2D eigenvalue weighted by molar-refractivity contribution is 7.99. The highest BCUT2D eigenvalue weighted by atomic mass is 32.2. The molecule has 0 aromatic heterocycles. The number of hydrogen-bond acceptors (Lipinski definition) is 3. The van der Waals surface area contributed by atoms with Crippen molar-refractivity contribution in [1.29, 1.82) is 5.26 Å². The van der Waals surface area contributed by atoms with Crippen LogP contribution in [0.2, 0.25) is 0 Å². The number of thioether (sulfide) groups is 1. The van der Waals surface area contributed by atoms with Crippen LogP contribution in [0.4, 0.5) is 0 Å². The first kappa shape index (κ1) is 10.9. The van der Waals surface area contributed by atoms with Gasteiger partial charge >= 0.3 is 0 Å². The fraction of sp³-hybridized carbons (Fsp3) is 0.900. The van der Waals surface area contributed by atoms with E-state index in [0.717, 1.165) is 12.8 Å². The minimum Gasteiger partial charge on any atom is -0.302 e. The third-order valence-electron chi connectivity index (χ3n) is 2.33. The Balaban J connectivity index is 2.02. The van der Waals surface area contributed by atoms with Gasteiger partial charge in [0.15, 0.2) is 0 Å². The van der Waals surface area contributed by atoms with Gasteiger partial charge < -0.3 is 4.90 Å². The number of hydrogen-bond donors (Lipinski definition) is 0. The molecule has 0 saturated carbocycles. The van der Waals surface area contributed by atoms with Crippen molar-refractivity contribution < 1.29 is 0 Å². The summed E-state index contributed by atoms with van der Waals surface area (Å²) in [5, 5.41) is 8.38. The number of unbranched alkanes of at least 4 members (excludes halogenated alkanes) is 2. The molecule has 1 rings (SSSR count). The molecule has 0 aromatic rings. The summed E-state index contributed by atoms with van der Waals surface area (Å²) in [6.45, 7) is 3.71. The van der Waals surface area contributed by atoms with Gasteiger partial charge in [-0.1, -0.05) is 0 Å². The maximum Gasteiger partial charge on any atom is 0.0621 e. The summed E-state index contributed by atoms with van der Waals surface area (Å²) in [6.07, 6.45) is 4.32. The second-order valence-corrected chi connectivity index (χ2v) is 4.65. The van der Waals surface area contributed by atoms with Crippen LogP contribution in [0.5, 0.6) is 0 Å². The second-order valence-electron chi connectivity index (χ2n) is 3.42. The lowest BCUT2D eigenvalue weighted by molar-refractivity contribution is 0.289. The molecule has 1 aliphatic heterocycles. The largest absolute Gasteiger partial charge is 0.302 e. The van der Waals surface area contributed by atoms with E-state index in [1.165, 1.54) is 44.0 Å². The molecule has 0 amide bonds. The van der Waals surface area contributed by atoms with Crippen molar-refractivity contribution in [1.82, 2.24) is 4.90 Å². The molecular formula is C10H18N2S. The fourth-order valence-electron chi connectivity index (χ4n) is 1.56. The zero-order valence-corrected chi connectivity index (χ0v) is 8.98. The van der Waals surface area contributed by atoms with Crippen LogP contribution in [0.15, 0.2) is 0 Å². The molecule has 1 heterocycles. The van der Waals surface area contributed by atoms with Crippen molar-refractivity contribution in [3.05, 3.63) is 0 Å². The molecule has 13 heavy (non-hydrogen) atoms. The highest BCUT2D eigenvalue weighted by Crippen LogP contribution is 2.10.